The number of aromatic carboxylic acids is 2. The molecule has 2 aromatic carbocycles. The zero-order valence-electron chi connectivity index (χ0n) is 10.1. The Hall–Kier alpha value is -1.68. The molecule has 0 radical (unpaired) electrons. The van der Waals surface area contributed by atoms with Crippen molar-refractivity contribution in [2.75, 3.05) is 0 Å². The van der Waals surface area contributed by atoms with Crippen LogP contribution in [0.1, 0.15) is 20.7 Å². The fraction of sp³-hybridized carbons (Fsp3) is 0. The standard InChI is InChI=1S/C8H6O4.C6H5.Hg/c9-7(10)5-3-1-2-4-6(5)8(11)12;1-2-4-6-5-3-1;/h1-4H,(H,9,10)(H,11,12);1-5H;. The van der Waals surface area contributed by atoms with E-state index in [1.165, 1.54) is 27.3 Å². The van der Waals surface area contributed by atoms with Crippen molar-refractivity contribution in [2.24, 2.45) is 0 Å². The van der Waals surface area contributed by atoms with E-state index in [0.717, 1.165) is 26.1 Å². The van der Waals surface area contributed by atoms with Crippen LogP contribution >= 0.6 is 0 Å². The molecule has 5 heteroatoms. The molecule has 0 unspecified atom stereocenters. The third-order valence-corrected chi connectivity index (χ3v) is 4.06. The molecule has 0 spiro atoms. The van der Waals surface area contributed by atoms with Crippen molar-refractivity contribution in [1.29, 1.82) is 0 Å². The van der Waals surface area contributed by atoms with Crippen LogP contribution in [-0.4, -0.2) is 22.2 Å². The third-order valence-electron chi connectivity index (χ3n) is 2.23. The Morgan fingerprint density at radius 3 is 1.37 bits per heavy atom. The topological polar surface area (TPSA) is 74.6 Å². The van der Waals surface area contributed by atoms with Gasteiger partial charge in [-0.2, -0.15) is 0 Å². The van der Waals surface area contributed by atoms with Crippen LogP contribution in [0, 0.1) is 0 Å². The number of hydrogen-bond donors (Lipinski definition) is 2. The number of benzene rings is 2. The molecule has 2 aromatic rings. The first kappa shape index (κ1) is 15.4. The van der Waals surface area contributed by atoms with Crippen molar-refractivity contribution in [3.05, 3.63) is 65.7 Å². The Morgan fingerprint density at radius 2 is 1.11 bits per heavy atom. The van der Waals surface area contributed by atoms with Gasteiger partial charge in [0.15, 0.2) is 0 Å². The summed E-state index contributed by atoms with van der Waals surface area (Å²) in [7, 11) is 0. The predicted octanol–water partition coefficient (Wildman–Crippen LogP) is 1.94. The molecule has 0 aliphatic heterocycles. The van der Waals surface area contributed by atoms with Gasteiger partial charge in [0.1, 0.15) is 0 Å². The van der Waals surface area contributed by atoms with Crippen LogP contribution in [0.4, 0.5) is 0 Å². The Labute approximate surface area is 126 Å². The molecule has 0 saturated carbocycles. The monoisotopic (exact) mass is 445 g/mol. The molecule has 2 rings (SSSR count). The zero-order valence-corrected chi connectivity index (χ0v) is 15.6. The van der Waals surface area contributed by atoms with Crippen LogP contribution in [0.3, 0.4) is 0 Å². The molecule has 0 aliphatic carbocycles. The van der Waals surface area contributed by atoms with Gasteiger partial charge in [-0.1, -0.05) is 12.1 Å². The molecule has 0 amide bonds. The summed E-state index contributed by atoms with van der Waals surface area (Å²) in [6.07, 6.45) is 0. The van der Waals surface area contributed by atoms with Gasteiger partial charge in [0.2, 0.25) is 0 Å². The first-order valence-electron chi connectivity index (χ1n) is 5.45. The van der Waals surface area contributed by atoms with Crippen molar-refractivity contribution < 1.29 is 45.9 Å². The van der Waals surface area contributed by atoms with Gasteiger partial charge in [0.25, 0.3) is 0 Å². The van der Waals surface area contributed by atoms with E-state index in [1.807, 2.05) is 0 Å². The number of carbonyl (C=O) groups is 2. The van der Waals surface area contributed by atoms with Crippen LogP contribution < -0.4 is 3.07 Å². The van der Waals surface area contributed by atoms with Gasteiger partial charge in [-0.25, -0.2) is 9.59 Å². The van der Waals surface area contributed by atoms with Gasteiger partial charge in [-0.05, 0) is 12.1 Å². The number of carboxylic acids is 2. The van der Waals surface area contributed by atoms with E-state index in [0.29, 0.717) is 0 Å². The van der Waals surface area contributed by atoms with Crippen LogP contribution in [0.5, 0.6) is 0 Å². The van der Waals surface area contributed by atoms with Crippen molar-refractivity contribution in [3.63, 3.8) is 0 Å². The summed E-state index contributed by atoms with van der Waals surface area (Å²) in [4.78, 5) is 20.9. The maximum absolute atomic E-state index is 10.5. The van der Waals surface area contributed by atoms with Gasteiger partial charge in [0, 0.05) is 0 Å². The molecule has 93 valence electrons. The molecule has 0 aromatic heterocycles. The zero-order chi connectivity index (χ0) is 14.3. The fourth-order valence-corrected chi connectivity index (χ4v) is 2.39. The molecular formula is C14H11HgO4. The van der Waals surface area contributed by atoms with Crippen molar-refractivity contribution in [1.82, 2.24) is 0 Å². The molecule has 0 fully saturated rings. The number of hydrogen-bond acceptors (Lipinski definition) is 2. The van der Waals surface area contributed by atoms with Crippen molar-refractivity contribution >= 4 is 15.0 Å². The average Bonchev–Trinajstić information content (AvgIpc) is 2.40. The van der Waals surface area contributed by atoms with Gasteiger partial charge < -0.3 is 10.2 Å². The molecule has 0 saturated heterocycles. The van der Waals surface area contributed by atoms with E-state index in [-0.39, 0.29) is 11.1 Å². The molecule has 0 heterocycles. The summed E-state index contributed by atoms with van der Waals surface area (Å²) in [5.41, 5.74) is -0.380. The maximum atomic E-state index is 10.5. The summed E-state index contributed by atoms with van der Waals surface area (Å²) in [6, 6.07) is 16.0. The van der Waals surface area contributed by atoms with E-state index < -0.39 is 11.9 Å². The molecule has 19 heavy (non-hydrogen) atoms. The second-order valence-corrected chi connectivity index (χ2v) is 6.82. The third kappa shape index (κ3) is 5.22. The minimum absolute atomic E-state index is 0.190. The van der Waals surface area contributed by atoms with Crippen molar-refractivity contribution in [2.45, 2.75) is 0 Å². The minimum atomic E-state index is -1.23. The van der Waals surface area contributed by atoms with Crippen molar-refractivity contribution in [3.8, 4) is 0 Å². The van der Waals surface area contributed by atoms with Gasteiger partial charge in [-0.3, -0.25) is 0 Å². The summed E-state index contributed by atoms with van der Waals surface area (Å²) in [5, 5.41) is 17.1. The molecule has 0 atom stereocenters. The van der Waals surface area contributed by atoms with E-state index in [4.69, 9.17) is 10.2 Å². The average molecular weight is 444 g/mol. The van der Waals surface area contributed by atoms with Gasteiger partial charge in [-0.15, -0.1) is 0 Å². The predicted molar refractivity (Wildman–Crippen MR) is 66.4 cm³/mol. The molecular weight excluding hydrogens is 433 g/mol. The Morgan fingerprint density at radius 1 is 0.737 bits per heavy atom. The van der Waals surface area contributed by atoms with E-state index in [2.05, 4.69) is 30.3 Å². The number of rotatable bonds is 2. The SMILES string of the molecule is O=C(O)c1ccccc1C(=O)O.[Hg][c]1ccccc1. The van der Waals surface area contributed by atoms with Crippen LogP contribution in [0.2, 0.25) is 0 Å². The second kappa shape index (κ2) is 7.68. The summed E-state index contributed by atoms with van der Waals surface area (Å²) in [5.74, 6) is -2.46. The Balaban J connectivity index is 0.000000218. The normalized spacial score (nSPS) is 9.16. The fourth-order valence-electron chi connectivity index (χ4n) is 1.33. The first-order valence-corrected chi connectivity index (χ1v) is 8.20. The van der Waals surface area contributed by atoms with E-state index in [1.54, 1.807) is 0 Å². The second-order valence-electron chi connectivity index (χ2n) is 3.64. The van der Waals surface area contributed by atoms with Gasteiger partial charge >= 0.3 is 71.5 Å². The van der Waals surface area contributed by atoms with E-state index >= 15 is 0 Å². The Bertz CT molecular complexity index is 534. The molecule has 4 nitrogen and oxygen atoms in total. The summed E-state index contributed by atoms with van der Waals surface area (Å²) < 4.78 is 1.52. The van der Waals surface area contributed by atoms with Crippen LogP contribution in [-0.2, 0) is 26.1 Å². The Kier molecular flexibility index (Phi) is 6.22. The quantitative estimate of drug-likeness (QED) is 0.696. The summed E-state index contributed by atoms with van der Waals surface area (Å²) in [6.45, 7) is 0. The number of carboxylic acid groups (broad SMARTS) is 2. The molecule has 2 N–H and O–H groups in total. The molecule has 0 aliphatic rings. The van der Waals surface area contributed by atoms with Crippen LogP contribution in [0.15, 0.2) is 54.6 Å². The van der Waals surface area contributed by atoms with E-state index in [9.17, 15) is 9.59 Å². The first-order chi connectivity index (χ1) is 9.02. The van der Waals surface area contributed by atoms with Crippen LogP contribution in [0.25, 0.3) is 0 Å². The van der Waals surface area contributed by atoms with Gasteiger partial charge in [0.05, 0.1) is 11.1 Å². The summed E-state index contributed by atoms with van der Waals surface area (Å²) >= 11 is 0.810. The molecule has 0 bridgehead atoms.